The molecule has 3 aromatic carbocycles. The van der Waals surface area contributed by atoms with Crippen LogP contribution in [0.15, 0.2) is 60.7 Å². The predicted molar refractivity (Wildman–Crippen MR) is 135 cm³/mol. The lowest BCUT2D eigenvalue weighted by atomic mass is 9.77. The van der Waals surface area contributed by atoms with E-state index in [9.17, 15) is 8.78 Å². The van der Waals surface area contributed by atoms with Gasteiger partial charge in [0, 0.05) is 5.56 Å². The van der Waals surface area contributed by atoms with E-state index >= 15 is 0 Å². The molecule has 0 aliphatic heterocycles. The van der Waals surface area contributed by atoms with Crippen molar-refractivity contribution in [2.75, 3.05) is 0 Å². The van der Waals surface area contributed by atoms with E-state index in [1.807, 2.05) is 6.07 Å². The summed E-state index contributed by atoms with van der Waals surface area (Å²) in [6, 6.07) is 18.9. The summed E-state index contributed by atoms with van der Waals surface area (Å²) in [4.78, 5) is 0. The normalized spacial score (nSPS) is 18.4. The Kier molecular flexibility index (Phi) is 8.20. The highest BCUT2D eigenvalue weighted by Gasteiger charge is 2.21. The van der Waals surface area contributed by atoms with Gasteiger partial charge in [-0.25, -0.2) is 8.78 Å². The molecule has 4 rings (SSSR count). The first-order chi connectivity index (χ1) is 16.0. The van der Waals surface area contributed by atoms with Gasteiger partial charge < -0.3 is 0 Å². The Hall–Kier alpha value is -2.19. The molecule has 1 saturated carbocycles. The Labute approximate surface area is 202 Å². The number of rotatable bonds is 8. The Balaban J connectivity index is 1.23. The molecule has 1 aliphatic rings. The molecule has 0 heterocycles. The SMILES string of the molecule is CCc1ccc(CC[C@H]2CC[C@H](CCc3ccc(-c4ccc(Cl)c(F)c4)c(F)c3)CC2)cc1. The van der Waals surface area contributed by atoms with Gasteiger partial charge in [-0.2, -0.15) is 0 Å². The van der Waals surface area contributed by atoms with Crippen molar-refractivity contribution in [3.05, 3.63) is 94.0 Å². The average molecular weight is 467 g/mol. The topological polar surface area (TPSA) is 0 Å². The van der Waals surface area contributed by atoms with Crippen molar-refractivity contribution in [3.63, 3.8) is 0 Å². The maximum Gasteiger partial charge on any atom is 0.142 e. The number of benzene rings is 3. The molecule has 1 fully saturated rings. The Morgan fingerprint density at radius 3 is 1.85 bits per heavy atom. The predicted octanol–water partition coefficient (Wildman–Crippen LogP) is 9.22. The van der Waals surface area contributed by atoms with Gasteiger partial charge in [-0.05, 0) is 84.4 Å². The summed E-state index contributed by atoms with van der Waals surface area (Å²) in [5.74, 6) is 0.745. The van der Waals surface area contributed by atoms with E-state index in [1.165, 1.54) is 61.8 Å². The van der Waals surface area contributed by atoms with Crippen molar-refractivity contribution >= 4 is 11.6 Å². The van der Waals surface area contributed by atoms with Crippen LogP contribution in [0.2, 0.25) is 5.02 Å². The molecule has 0 atom stereocenters. The standard InChI is InChI=1S/C30H33ClF2/c1-2-21-3-5-22(6-4-21)7-8-23-9-11-24(12-10-23)13-14-25-15-17-27(29(32)19-25)26-16-18-28(31)30(33)20-26/h3-6,15-20,23-24H,2,7-14H2,1H3/t23-,24-. The first kappa shape index (κ1) is 24.0. The summed E-state index contributed by atoms with van der Waals surface area (Å²) < 4.78 is 28.4. The molecule has 0 bridgehead atoms. The van der Waals surface area contributed by atoms with Crippen LogP contribution in [0.1, 0.15) is 62.1 Å². The molecular weight excluding hydrogens is 434 g/mol. The summed E-state index contributed by atoms with van der Waals surface area (Å²) >= 11 is 5.74. The van der Waals surface area contributed by atoms with E-state index in [0.717, 1.165) is 36.7 Å². The van der Waals surface area contributed by atoms with Crippen LogP contribution in [0.5, 0.6) is 0 Å². The minimum atomic E-state index is -0.525. The molecule has 0 aromatic heterocycles. The number of halogens is 3. The summed E-state index contributed by atoms with van der Waals surface area (Å²) in [5, 5.41) is 0.0520. The fraction of sp³-hybridized carbons (Fsp3) is 0.400. The van der Waals surface area contributed by atoms with Crippen molar-refractivity contribution in [2.24, 2.45) is 11.8 Å². The van der Waals surface area contributed by atoms with Gasteiger partial charge in [0.05, 0.1) is 5.02 Å². The van der Waals surface area contributed by atoms with Gasteiger partial charge in [-0.1, -0.05) is 86.7 Å². The van der Waals surface area contributed by atoms with Crippen LogP contribution in [0, 0.1) is 23.5 Å². The van der Waals surface area contributed by atoms with Crippen LogP contribution in [-0.2, 0) is 19.3 Å². The average Bonchev–Trinajstić information content (AvgIpc) is 2.84. The second-order valence-electron chi connectivity index (χ2n) is 9.58. The molecular formula is C30H33ClF2. The van der Waals surface area contributed by atoms with Crippen LogP contribution in [0.3, 0.4) is 0 Å². The van der Waals surface area contributed by atoms with E-state index in [1.54, 1.807) is 18.2 Å². The molecule has 0 radical (unpaired) electrons. The highest BCUT2D eigenvalue weighted by Crippen LogP contribution is 2.34. The van der Waals surface area contributed by atoms with Gasteiger partial charge >= 0.3 is 0 Å². The minimum absolute atomic E-state index is 0.0520. The van der Waals surface area contributed by atoms with E-state index in [0.29, 0.717) is 11.1 Å². The molecule has 0 amide bonds. The summed E-state index contributed by atoms with van der Waals surface area (Å²) in [5.41, 5.74) is 4.82. The third-order valence-electron chi connectivity index (χ3n) is 7.34. The molecule has 3 aromatic rings. The fourth-order valence-corrected chi connectivity index (χ4v) is 5.22. The van der Waals surface area contributed by atoms with Crippen LogP contribution < -0.4 is 0 Å². The third-order valence-corrected chi connectivity index (χ3v) is 7.65. The van der Waals surface area contributed by atoms with Gasteiger partial charge in [0.2, 0.25) is 0 Å². The highest BCUT2D eigenvalue weighted by atomic mass is 35.5. The lowest BCUT2D eigenvalue weighted by Crippen LogP contribution is -2.15. The molecule has 174 valence electrons. The number of hydrogen-bond donors (Lipinski definition) is 0. The first-order valence-corrected chi connectivity index (χ1v) is 12.7. The Morgan fingerprint density at radius 1 is 0.697 bits per heavy atom. The van der Waals surface area contributed by atoms with Gasteiger partial charge in [0.1, 0.15) is 11.6 Å². The summed E-state index contributed by atoms with van der Waals surface area (Å²) in [7, 11) is 0. The van der Waals surface area contributed by atoms with Crippen molar-refractivity contribution in [3.8, 4) is 11.1 Å². The summed E-state index contributed by atoms with van der Waals surface area (Å²) in [6.45, 7) is 2.20. The van der Waals surface area contributed by atoms with E-state index in [-0.39, 0.29) is 10.8 Å². The first-order valence-electron chi connectivity index (χ1n) is 12.3. The quantitative estimate of drug-likeness (QED) is 0.310. The molecule has 0 N–H and O–H groups in total. The van der Waals surface area contributed by atoms with Crippen molar-refractivity contribution < 1.29 is 8.78 Å². The third kappa shape index (κ3) is 6.44. The van der Waals surface area contributed by atoms with Gasteiger partial charge in [-0.15, -0.1) is 0 Å². The molecule has 3 heteroatoms. The molecule has 33 heavy (non-hydrogen) atoms. The van der Waals surface area contributed by atoms with E-state index < -0.39 is 5.82 Å². The van der Waals surface area contributed by atoms with Gasteiger partial charge in [0.15, 0.2) is 0 Å². The zero-order valence-electron chi connectivity index (χ0n) is 19.4. The maximum absolute atomic E-state index is 14.7. The van der Waals surface area contributed by atoms with Crippen LogP contribution in [0.25, 0.3) is 11.1 Å². The highest BCUT2D eigenvalue weighted by molar-refractivity contribution is 6.30. The zero-order chi connectivity index (χ0) is 23.2. The molecule has 1 aliphatic carbocycles. The summed E-state index contributed by atoms with van der Waals surface area (Å²) in [6.07, 6.45) is 10.8. The second kappa shape index (κ2) is 11.3. The van der Waals surface area contributed by atoms with Crippen molar-refractivity contribution in [1.82, 2.24) is 0 Å². The zero-order valence-corrected chi connectivity index (χ0v) is 20.2. The molecule has 0 spiro atoms. The largest absolute Gasteiger partial charge is 0.206 e. The monoisotopic (exact) mass is 466 g/mol. The number of hydrogen-bond acceptors (Lipinski definition) is 0. The lowest BCUT2D eigenvalue weighted by Gasteiger charge is -2.28. The minimum Gasteiger partial charge on any atom is -0.206 e. The fourth-order valence-electron chi connectivity index (χ4n) is 5.10. The Bertz CT molecular complexity index is 1050. The van der Waals surface area contributed by atoms with Gasteiger partial charge in [0.25, 0.3) is 0 Å². The van der Waals surface area contributed by atoms with Crippen LogP contribution in [0.4, 0.5) is 8.78 Å². The van der Waals surface area contributed by atoms with Crippen LogP contribution >= 0.6 is 11.6 Å². The van der Waals surface area contributed by atoms with Crippen LogP contribution in [-0.4, -0.2) is 0 Å². The Morgan fingerprint density at radius 2 is 1.27 bits per heavy atom. The van der Waals surface area contributed by atoms with E-state index in [2.05, 4.69) is 31.2 Å². The van der Waals surface area contributed by atoms with Crippen molar-refractivity contribution in [2.45, 2.75) is 64.7 Å². The molecule has 0 unspecified atom stereocenters. The number of aryl methyl sites for hydroxylation is 3. The molecule has 0 nitrogen and oxygen atoms in total. The van der Waals surface area contributed by atoms with Crippen molar-refractivity contribution in [1.29, 1.82) is 0 Å². The lowest BCUT2D eigenvalue weighted by molar-refractivity contribution is 0.253. The smallest absolute Gasteiger partial charge is 0.142 e. The maximum atomic E-state index is 14.7. The van der Waals surface area contributed by atoms with Gasteiger partial charge in [-0.3, -0.25) is 0 Å². The van der Waals surface area contributed by atoms with E-state index in [4.69, 9.17) is 11.6 Å². The molecule has 0 saturated heterocycles. The second-order valence-corrected chi connectivity index (χ2v) is 9.98.